The van der Waals surface area contributed by atoms with E-state index in [4.69, 9.17) is 16.3 Å². The lowest BCUT2D eigenvalue weighted by Gasteiger charge is -2.09. The molecule has 0 saturated heterocycles. The molecule has 0 aromatic heterocycles. The lowest BCUT2D eigenvalue weighted by atomic mass is 9.98. The maximum atomic E-state index is 11.7. The van der Waals surface area contributed by atoms with Crippen molar-refractivity contribution in [1.29, 1.82) is 0 Å². The highest BCUT2D eigenvalue weighted by Crippen LogP contribution is 2.26. The van der Waals surface area contributed by atoms with Gasteiger partial charge in [-0.05, 0) is 54.8 Å². The Bertz CT molecular complexity index is 605. The number of aryl methyl sites for hydroxylation is 1. The molecular formula is C16H15ClO2. The summed E-state index contributed by atoms with van der Waals surface area (Å²) in [5.74, 6) is -0.289. The average molecular weight is 275 g/mol. The molecule has 0 amide bonds. The van der Waals surface area contributed by atoms with Crippen molar-refractivity contribution in [1.82, 2.24) is 0 Å². The minimum atomic E-state index is -0.289. The zero-order valence-corrected chi connectivity index (χ0v) is 11.7. The molecule has 0 aliphatic heterocycles. The standard InChI is InChI=1S/C16H15ClO2/c1-3-19-16(18)13-7-8-15(11(2)9-13)12-5-4-6-14(17)10-12/h4-10H,3H2,1-2H3. The molecular weight excluding hydrogens is 260 g/mol. The summed E-state index contributed by atoms with van der Waals surface area (Å²) in [4.78, 5) is 11.7. The van der Waals surface area contributed by atoms with Crippen LogP contribution in [0.3, 0.4) is 0 Å². The van der Waals surface area contributed by atoms with Crippen molar-refractivity contribution in [3.05, 3.63) is 58.6 Å². The van der Waals surface area contributed by atoms with Gasteiger partial charge in [-0.2, -0.15) is 0 Å². The summed E-state index contributed by atoms with van der Waals surface area (Å²) < 4.78 is 4.99. The molecule has 0 radical (unpaired) electrons. The van der Waals surface area contributed by atoms with Crippen molar-refractivity contribution < 1.29 is 9.53 Å². The Kier molecular flexibility index (Phi) is 4.23. The van der Waals surface area contributed by atoms with Crippen LogP contribution in [0.2, 0.25) is 5.02 Å². The third-order valence-corrected chi connectivity index (χ3v) is 3.11. The van der Waals surface area contributed by atoms with Gasteiger partial charge in [0.2, 0.25) is 0 Å². The third-order valence-electron chi connectivity index (χ3n) is 2.87. The van der Waals surface area contributed by atoms with Crippen molar-refractivity contribution in [2.45, 2.75) is 13.8 Å². The Morgan fingerprint density at radius 1 is 1.21 bits per heavy atom. The molecule has 3 heteroatoms. The smallest absolute Gasteiger partial charge is 0.338 e. The summed E-state index contributed by atoms with van der Waals surface area (Å²) in [7, 11) is 0. The van der Waals surface area contributed by atoms with E-state index in [1.165, 1.54) is 0 Å². The molecule has 2 rings (SSSR count). The Balaban J connectivity index is 2.37. The molecule has 0 bridgehead atoms. The second kappa shape index (κ2) is 5.89. The lowest BCUT2D eigenvalue weighted by molar-refractivity contribution is 0.0526. The fourth-order valence-electron chi connectivity index (χ4n) is 1.98. The SMILES string of the molecule is CCOC(=O)c1ccc(-c2cccc(Cl)c2)c(C)c1. The van der Waals surface area contributed by atoms with Crippen LogP contribution in [-0.2, 0) is 4.74 Å². The van der Waals surface area contributed by atoms with E-state index >= 15 is 0 Å². The van der Waals surface area contributed by atoms with Crippen LogP contribution in [0.4, 0.5) is 0 Å². The van der Waals surface area contributed by atoms with E-state index in [1.807, 2.05) is 43.3 Å². The van der Waals surface area contributed by atoms with Crippen LogP contribution >= 0.6 is 11.6 Å². The highest BCUT2D eigenvalue weighted by molar-refractivity contribution is 6.30. The number of rotatable bonds is 3. The Morgan fingerprint density at radius 2 is 2.00 bits per heavy atom. The predicted octanol–water partition coefficient (Wildman–Crippen LogP) is 4.49. The molecule has 0 atom stereocenters. The van der Waals surface area contributed by atoms with Gasteiger partial charge >= 0.3 is 5.97 Å². The Labute approximate surface area is 118 Å². The van der Waals surface area contributed by atoms with Crippen LogP contribution in [-0.4, -0.2) is 12.6 Å². The molecule has 0 N–H and O–H groups in total. The first-order valence-electron chi connectivity index (χ1n) is 6.15. The first kappa shape index (κ1) is 13.6. The van der Waals surface area contributed by atoms with Crippen molar-refractivity contribution >= 4 is 17.6 Å². The summed E-state index contributed by atoms with van der Waals surface area (Å²) in [5, 5.41) is 0.700. The quantitative estimate of drug-likeness (QED) is 0.771. The summed E-state index contributed by atoms with van der Waals surface area (Å²) in [6.07, 6.45) is 0. The number of ether oxygens (including phenoxy) is 1. The van der Waals surface area contributed by atoms with E-state index < -0.39 is 0 Å². The van der Waals surface area contributed by atoms with Crippen LogP contribution in [0.25, 0.3) is 11.1 Å². The first-order valence-corrected chi connectivity index (χ1v) is 6.53. The number of halogens is 1. The van der Waals surface area contributed by atoms with E-state index in [9.17, 15) is 4.79 Å². The zero-order chi connectivity index (χ0) is 13.8. The summed E-state index contributed by atoms with van der Waals surface area (Å²) >= 11 is 6.00. The van der Waals surface area contributed by atoms with Crippen LogP contribution in [0.1, 0.15) is 22.8 Å². The zero-order valence-electron chi connectivity index (χ0n) is 10.9. The second-order valence-electron chi connectivity index (χ2n) is 4.26. The predicted molar refractivity (Wildman–Crippen MR) is 77.6 cm³/mol. The number of carbonyl (C=O) groups is 1. The Hall–Kier alpha value is -1.80. The number of hydrogen-bond acceptors (Lipinski definition) is 2. The van der Waals surface area contributed by atoms with Crippen molar-refractivity contribution in [3.8, 4) is 11.1 Å². The molecule has 0 heterocycles. The van der Waals surface area contributed by atoms with Gasteiger partial charge in [0, 0.05) is 5.02 Å². The Morgan fingerprint density at radius 3 is 2.63 bits per heavy atom. The van der Waals surface area contributed by atoms with Gasteiger partial charge in [-0.15, -0.1) is 0 Å². The molecule has 0 fully saturated rings. The maximum Gasteiger partial charge on any atom is 0.338 e. The highest BCUT2D eigenvalue weighted by atomic mass is 35.5. The normalized spacial score (nSPS) is 10.3. The van der Waals surface area contributed by atoms with Gasteiger partial charge in [-0.25, -0.2) is 4.79 Å². The minimum Gasteiger partial charge on any atom is -0.462 e. The molecule has 0 spiro atoms. The molecule has 0 aliphatic rings. The third kappa shape index (κ3) is 3.15. The van der Waals surface area contributed by atoms with Crippen LogP contribution in [0.5, 0.6) is 0 Å². The first-order chi connectivity index (χ1) is 9.11. The molecule has 2 aromatic rings. The van der Waals surface area contributed by atoms with Gasteiger partial charge in [0.15, 0.2) is 0 Å². The van der Waals surface area contributed by atoms with Crippen LogP contribution < -0.4 is 0 Å². The summed E-state index contributed by atoms with van der Waals surface area (Å²) in [6.45, 7) is 4.15. The highest BCUT2D eigenvalue weighted by Gasteiger charge is 2.09. The molecule has 0 aliphatic carbocycles. The van der Waals surface area contributed by atoms with Gasteiger partial charge in [-0.1, -0.05) is 29.8 Å². The van der Waals surface area contributed by atoms with E-state index in [0.29, 0.717) is 17.2 Å². The van der Waals surface area contributed by atoms with Crippen molar-refractivity contribution in [2.24, 2.45) is 0 Å². The molecule has 2 nitrogen and oxygen atoms in total. The van der Waals surface area contributed by atoms with Crippen molar-refractivity contribution in [3.63, 3.8) is 0 Å². The lowest BCUT2D eigenvalue weighted by Crippen LogP contribution is -2.04. The number of carbonyl (C=O) groups excluding carboxylic acids is 1. The fraction of sp³-hybridized carbons (Fsp3) is 0.188. The van der Waals surface area contributed by atoms with E-state index in [2.05, 4.69) is 0 Å². The van der Waals surface area contributed by atoms with Gasteiger partial charge in [-0.3, -0.25) is 0 Å². The summed E-state index contributed by atoms with van der Waals surface area (Å²) in [6, 6.07) is 13.2. The number of hydrogen-bond donors (Lipinski definition) is 0. The molecule has 2 aromatic carbocycles. The molecule has 19 heavy (non-hydrogen) atoms. The van der Waals surface area contributed by atoms with E-state index in [1.54, 1.807) is 13.0 Å². The molecule has 0 unspecified atom stereocenters. The summed E-state index contributed by atoms with van der Waals surface area (Å²) in [5.41, 5.74) is 3.70. The van der Waals surface area contributed by atoms with Crippen molar-refractivity contribution in [2.75, 3.05) is 6.61 Å². The molecule has 0 saturated carbocycles. The molecule has 98 valence electrons. The topological polar surface area (TPSA) is 26.3 Å². The van der Waals surface area contributed by atoms with E-state index in [0.717, 1.165) is 16.7 Å². The van der Waals surface area contributed by atoms with E-state index in [-0.39, 0.29) is 5.97 Å². The van der Waals surface area contributed by atoms with Gasteiger partial charge in [0.25, 0.3) is 0 Å². The van der Waals surface area contributed by atoms with Gasteiger partial charge in [0.1, 0.15) is 0 Å². The van der Waals surface area contributed by atoms with Crippen LogP contribution in [0, 0.1) is 6.92 Å². The monoisotopic (exact) mass is 274 g/mol. The second-order valence-corrected chi connectivity index (χ2v) is 4.70. The minimum absolute atomic E-state index is 0.289. The number of esters is 1. The average Bonchev–Trinajstić information content (AvgIpc) is 2.38. The fourth-order valence-corrected chi connectivity index (χ4v) is 2.18. The van der Waals surface area contributed by atoms with Gasteiger partial charge < -0.3 is 4.74 Å². The number of benzene rings is 2. The van der Waals surface area contributed by atoms with Gasteiger partial charge in [0.05, 0.1) is 12.2 Å². The largest absolute Gasteiger partial charge is 0.462 e. The van der Waals surface area contributed by atoms with Crippen LogP contribution in [0.15, 0.2) is 42.5 Å². The maximum absolute atomic E-state index is 11.7.